The van der Waals surface area contributed by atoms with Crippen molar-refractivity contribution in [3.63, 3.8) is 0 Å². The van der Waals surface area contributed by atoms with Gasteiger partial charge in [-0.1, -0.05) is 6.92 Å². The fraction of sp³-hybridized carbons (Fsp3) is 0.923. The summed E-state index contributed by atoms with van der Waals surface area (Å²) in [6.07, 6.45) is 2.40. The monoisotopic (exact) mass is 496 g/mol. The van der Waals surface area contributed by atoms with E-state index in [1.807, 2.05) is 6.92 Å². The van der Waals surface area contributed by atoms with E-state index in [9.17, 15) is 16.8 Å². The number of nitrogens with one attached hydrogen (secondary N) is 2. The van der Waals surface area contributed by atoms with E-state index in [1.165, 1.54) is 10.6 Å². The van der Waals surface area contributed by atoms with Gasteiger partial charge >= 0.3 is 0 Å². The maximum atomic E-state index is 11.5. The Hall–Kier alpha value is -0.140. The SMILES string of the molecule is CCNC(=NCCCN(CC)S(C)(=O)=O)NC1CCS(=O)(=O)C1.I. The highest BCUT2D eigenvalue weighted by atomic mass is 127. The first-order valence-corrected chi connectivity index (χ1v) is 11.5. The predicted octanol–water partition coefficient (Wildman–Crippen LogP) is 0.0182. The number of hydrogen-bond acceptors (Lipinski definition) is 5. The van der Waals surface area contributed by atoms with Crippen molar-refractivity contribution in [3.8, 4) is 0 Å². The van der Waals surface area contributed by atoms with E-state index in [1.54, 1.807) is 6.92 Å². The van der Waals surface area contributed by atoms with Gasteiger partial charge in [0, 0.05) is 32.2 Å². The van der Waals surface area contributed by atoms with Crippen LogP contribution in [-0.2, 0) is 19.9 Å². The quantitative estimate of drug-likeness (QED) is 0.212. The van der Waals surface area contributed by atoms with Crippen LogP contribution in [0.15, 0.2) is 4.99 Å². The van der Waals surface area contributed by atoms with E-state index in [2.05, 4.69) is 15.6 Å². The van der Waals surface area contributed by atoms with E-state index in [0.29, 0.717) is 45.0 Å². The van der Waals surface area contributed by atoms with Gasteiger partial charge in [-0.15, -0.1) is 24.0 Å². The van der Waals surface area contributed by atoms with Gasteiger partial charge in [0.15, 0.2) is 15.8 Å². The zero-order valence-corrected chi connectivity index (χ0v) is 18.4. The number of halogens is 1. The molecule has 1 unspecified atom stereocenters. The highest BCUT2D eigenvalue weighted by molar-refractivity contribution is 14.0. The van der Waals surface area contributed by atoms with Crippen molar-refractivity contribution >= 4 is 49.8 Å². The number of hydrogen-bond donors (Lipinski definition) is 2. The Morgan fingerprint density at radius 1 is 1.33 bits per heavy atom. The second kappa shape index (κ2) is 10.8. The highest BCUT2D eigenvalue weighted by Crippen LogP contribution is 2.11. The van der Waals surface area contributed by atoms with Crippen LogP contribution in [0.25, 0.3) is 0 Å². The van der Waals surface area contributed by atoms with E-state index in [4.69, 9.17) is 0 Å². The zero-order valence-electron chi connectivity index (χ0n) is 14.5. The Morgan fingerprint density at radius 3 is 2.46 bits per heavy atom. The molecule has 1 aliphatic heterocycles. The third-order valence-electron chi connectivity index (χ3n) is 3.57. The van der Waals surface area contributed by atoms with Crippen LogP contribution in [0.4, 0.5) is 0 Å². The normalized spacial score (nSPS) is 20.7. The van der Waals surface area contributed by atoms with Crippen molar-refractivity contribution in [2.45, 2.75) is 32.7 Å². The summed E-state index contributed by atoms with van der Waals surface area (Å²) in [5.74, 6) is 0.927. The Bertz CT molecular complexity index is 607. The number of aliphatic imine (C=N–C) groups is 1. The van der Waals surface area contributed by atoms with E-state index in [0.717, 1.165) is 0 Å². The van der Waals surface area contributed by atoms with Gasteiger partial charge in [-0.2, -0.15) is 0 Å². The molecule has 2 N–H and O–H groups in total. The molecule has 0 aromatic heterocycles. The molecule has 0 spiro atoms. The summed E-state index contributed by atoms with van der Waals surface area (Å²) in [6.45, 7) is 5.76. The number of rotatable bonds is 8. The third-order valence-corrected chi connectivity index (χ3v) is 6.72. The molecule has 1 atom stereocenters. The average Bonchev–Trinajstić information content (AvgIpc) is 2.76. The minimum atomic E-state index is -3.17. The van der Waals surface area contributed by atoms with Gasteiger partial charge in [0.25, 0.3) is 0 Å². The van der Waals surface area contributed by atoms with Crippen LogP contribution in [0.5, 0.6) is 0 Å². The van der Waals surface area contributed by atoms with Gasteiger partial charge < -0.3 is 10.6 Å². The van der Waals surface area contributed by atoms with Crippen molar-refractivity contribution in [1.29, 1.82) is 0 Å². The number of sulfonamides is 1. The molecular formula is C13H29IN4O4S2. The van der Waals surface area contributed by atoms with Crippen LogP contribution in [0.3, 0.4) is 0 Å². The van der Waals surface area contributed by atoms with Crippen LogP contribution in [0.1, 0.15) is 26.7 Å². The molecule has 144 valence electrons. The lowest BCUT2D eigenvalue weighted by Gasteiger charge is -2.18. The van der Waals surface area contributed by atoms with Crippen LogP contribution in [-0.4, -0.2) is 77.1 Å². The van der Waals surface area contributed by atoms with Gasteiger partial charge in [-0.25, -0.2) is 21.1 Å². The summed E-state index contributed by atoms with van der Waals surface area (Å²) in [7, 11) is -6.10. The van der Waals surface area contributed by atoms with E-state index >= 15 is 0 Å². The molecule has 0 saturated carbocycles. The Balaban J connectivity index is 0.00000529. The zero-order chi connectivity index (χ0) is 17.5. The Labute approximate surface area is 162 Å². The summed E-state index contributed by atoms with van der Waals surface area (Å²) in [5, 5.41) is 6.21. The van der Waals surface area contributed by atoms with E-state index < -0.39 is 19.9 Å². The first-order valence-electron chi connectivity index (χ1n) is 7.88. The van der Waals surface area contributed by atoms with Crippen LogP contribution in [0.2, 0.25) is 0 Å². The molecule has 0 aromatic rings. The fourth-order valence-corrected chi connectivity index (χ4v) is 5.02. The molecular weight excluding hydrogens is 467 g/mol. The first kappa shape index (κ1) is 23.9. The molecule has 0 bridgehead atoms. The van der Waals surface area contributed by atoms with Crippen molar-refractivity contribution in [1.82, 2.24) is 14.9 Å². The third kappa shape index (κ3) is 8.81. The van der Waals surface area contributed by atoms with Gasteiger partial charge in [0.2, 0.25) is 10.0 Å². The Kier molecular flexibility index (Phi) is 10.7. The number of nitrogens with zero attached hydrogens (tertiary/aromatic N) is 2. The van der Waals surface area contributed by atoms with Crippen LogP contribution < -0.4 is 10.6 Å². The lowest BCUT2D eigenvalue weighted by atomic mass is 10.3. The summed E-state index contributed by atoms with van der Waals surface area (Å²) in [5.41, 5.74) is 0. The average molecular weight is 496 g/mol. The molecule has 0 aromatic carbocycles. The van der Waals surface area contributed by atoms with Crippen molar-refractivity contribution < 1.29 is 16.8 Å². The van der Waals surface area contributed by atoms with Gasteiger partial charge in [0.1, 0.15) is 0 Å². The summed E-state index contributed by atoms with van der Waals surface area (Å²) in [6, 6.07) is -0.110. The second-order valence-electron chi connectivity index (χ2n) is 5.61. The van der Waals surface area contributed by atoms with Crippen molar-refractivity contribution in [2.75, 3.05) is 43.9 Å². The van der Waals surface area contributed by atoms with Crippen molar-refractivity contribution in [3.05, 3.63) is 0 Å². The second-order valence-corrected chi connectivity index (χ2v) is 9.82. The molecule has 8 nitrogen and oxygen atoms in total. The summed E-state index contributed by atoms with van der Waals surface area (Å²) >= 11 is 0. The van der Waals surface area contributed by atoms with Crippen molar-refractivity contribution in [2.24, 2.45) is 4.99 Å². The summed E-state index contributed by atoms with van der Waals surface area (Å²) < 4.78 is 47.4. The topological polar surface area (TPSA) is 108 Å². The molecule has 1 heterocycles. The maximum Gasteiger partial charge on any atom is 0.211 e. The lowest BCUT2D eigenvalue weighted by molar-refractivity contribution is 0.427. The fourth-order valence-electron chi connectivity index (χ4n) is 2.42. The number of guanidine groups is 1. The predicted molar refractivity (Wildman–Crippen MR) is 108 cm³/mol. The number of sulfone groups is 1. The molecule has 1 rings (SSSR count). The molecule has 0 amide bonds. The highest BCUT2D eigenvalue weighted by Gasteiger charge is 2.28. The molecule has 1 saturated heterocycles. The molecule has 0 aliphatic carbocycles. The first-order chi connectivity index (χ1) is 10.7. The minimum absolute atomic E-state index is 0. The lowest BCUT2D eigenvalue weighted by Crippen LogP contribution is -2.44. The minimum Gasteiger partial charge on any atom is -0.357 e. The van der Waals surface area contributed by atoms with Gasteiger partial charge in [-0.3, -0.25) is 4.99 Å². The molecule has 1 fully saturated rings. The molecule has 11 heteroatoms. The van der Waals surface area contributed by atoms with Crippen LogP contribution in [0, 0.1) is 0 Å². The molecule has 0 radical (unpaired) electrons. The molecule has 24 heavy (non-hydrogen) atoms. The molecule has 1 aliphatic rings. The Morgan fingerprint density at radius 2 is 2.00 bits per heavy atom. The maximum absolute atomic E-state index is 11.5. The van der Waals surface area contributed by atoms with Gasteiger partial charge in [-0.05, 0) is 19.8 Å². The van der Waals surface area contributed by atoms with E-state index in [-0.39, 0.29) is 41.5 Å². The van der Waals surface area contributed by atoms with Gasteiger partial charge in [0.05, 0.1) is 17.8 Å². The van der Waals surface area contributed by atoms with Crippen LogP contribution >= 0.6 is 24.0 Å². The largest absolute Gasteiger partial charge is 0.357 e. The standard InChI is InChI=1S/C13H28N4O4S2.HI/c1-4-14-13(16-12-7-10-23(20,21)11-12)15-8-6-9-17(5-2)22(3,18)19;/h12H,4-11H2,1-3H3,(H2,14,15,16);1H. The smallest absolute Gasteiger partial charge is 0.211 e. The summed E-state index contributed by atoms with van der Waals surface area (Å²) in [4.78, 5) is 4.39.